The molecule has 3 nitrogen and oxygen atoms in total. The van der Waals surface area contributed by atoms with Gasteiger partial charge < -0.3 is 10.6 Å². The van der Waals surface area contributed by atoms with Crippen LogP contribution in [0.4, 0.5) is 5.82 Å². The number of aryl methyl sites for hydroxylation is 1. The highest BCUT2D eigenvalue weighted by molar-refractivity contribution is 7.09. The van der Waals surface area contributed by atoms with Gasteiger partial charge in [-0.1, -0.05) is 12.1 Å². The number of nitrogens with zero attached hydrogens (tertiary/aromatic N) is 2. The topological polar surface area (TPSA) is 42.2 Å². The van der Waals surface area contributed by atoms with Crippen LogP contribution < -0.4 is 10.6 Å². The largest absolute Gasteiger partial charge is 0.348 e. The second-order valence-electron chi connectivity index (χ2n) is 5.06. The molecule has 0 spiro atoms. The van der Waals surface area contributed by atoms with Crippen molar-refractivity contribution >= 4 is 17.2 Å². The van der Waals surface area contributed by atoms with Gasteiger partial charge in [-0.3, -0.25) is 0 Å². The summed E-state index contributed by atoms with van der Waals surface area (Å²) in [4.78, 5) is 8.56. The summed E-state index contributed by atoms with van der Waals surface area (Å²) >= 11 is 1.81. The first-order valence-corrected chi connectivity index (χ1v) is 7.61. The van der Waals surface area contributed by atoms with E-state index in [-0.39, 0.29) is 0 Å². The minimum atomic E-state index is 0.563. The fraction of sp³-hybridized carbons (Fsp3) is 0.400. The number of rotatable bonds is 5. The fourth-order valence-corrected chi connectivity index (χ4v) is 3.01. The van der Waals surface area contributed by atoms with Crippen LogP contribution in [-0.4, -0.2) is 11.0 Å². The molecule has 0 unspecified atom stereocenters. The maximum Gasteiger partial charge on any atom is 0.129 e. The minimum Gasteiger partial charge on any atom is -0.348 e. The monoisotopic (exact) mass is 273 g/mol. The molecule has 0 radical (unpaired) electrons. The van der Waals surface area contributed by atoms with Crippen LogP contribution in [0.25, 0.3) is 0 Å². The van der Waals surface area contributed by atoms with Crippen molar-refractivity contribution in [3.05, 3.63) is 45.8 Å². The van der Waals surface area contributed by atoms with E-state index in [9.17, 15) is 0 Å². The van der Waals surface area contributed by atoms with E-state index in [4.69, 9.17) is 10.7 Å². The van der Waals surface area contributed by atoms with Gasteiger partial charge in [-0.15, -0.1) is 11.3 Å². The maximum atomic E-state index is 5.71. The highest BCUT2D eigenvalue weighted by Gasteiger charge is 2.30. The van der Waals surface area contributed by atoms with Crippen LogP contribution in [0.5, 0.6) is 0 Å². The van der Waals surface area contributed by atoms with E-state index in [1.54, 1.807) is 0 Å². The van der Waals surface area contributed by atoms with E-state index in [1.807, 2.05) is 18.3 Å². The molecule has 1 aliphatic carbocycles. The first kappa shape index (κ1) is 12.6. The van der Waals surface area contributed by atoms with Crippen LogP contribution in [0.3, 0.4) is 0 Å². The predicted octanol–water partition coefficient (Wildman–Crippen LogP) is 3.08. The molecule has 1 saturated carbocycles. The Morgan fingerprint density at radius 2 is 2.21 bits per heavy atom. The zero-order valence-corrected chi connectivity index (χ0v) is 12.0. The van der Waals surface area contributed by atoms with E-state index < -0.39 is 0 Å². The van der Waals surface area contributed by atoms with Crippen molar-refractivity contribution in [3.63, 3.8) is 0 Å². The number of hydrogen-bond donors (Lipinski definition) is 1. The summed E-state index contributed by atoms with van der Waals surface area (Å²) in [7, 11) is 0. The van der Waals surface area contributed by atoms with Crippen LogP contribution >= 0.6 is 11.3 Å². The number of nitrogens with two attached hydrogens (primary N) is 1. The summed E-state index contributed by atoms with van der Waals surface area (Å²) in [6.07, 6.45) is 2.56. The van der Waals surface area contributed by atoms with E-state index >= 15 is 0 Å². The van der Waals surface area contributed by atoms with Gasteiger partial charge in [0.25, 0.3) is 0 Å². The molecular weight excluding hydrogens is 254 g/mol. The van der Waals surface area contributed by atoms with Crippen LogP contribution in [0, 0.1) is 6.92 Å². The van der Waals surface area contributed by atoms with Gasteiger partial charge in [0.1, 0.15) is 5.82 Å². The fourth-order valence-electron chi connectivity index (χ4n) is 2.31. The molecule has 3 rings (SSSR count). The number of thiophene rings is 1. The molecule has 19 heavy (non-hydrogen) atoms. The minimum absolute atomic E-state index is 0.563. The Morgan fingerprint density at radius 3 is 2.79 bits per heavy atom. The van der Waals surface area contributed by atoms with Gasteiger partial charge in [-0.2, -0.15) is 0 Å². The molecule has 2 N–H and O–H groups in total. The van der Waals surface area contributed by atoms with Crippen LogP contribution in [0.1, 0.15) is 29.0 Å². The quantitative estimate of drug-likeness (QED) is 0.910. The second kappa shape index (κ2) is 5.31. The van der Waals surface area contributed by atoms with Crippen molar-refractivity contribution in [1.29, 1.82) is 0 Å². The molecule has 4 heteroatoms. The van der Waals surface area contributed by atoms with Crippen LogP contribution in [-0.2, 0) is 13.1 Å². The SMILES string of the molecule is Cc1nc(N(Cc2cccs2)C2CC2)ccc1CN. The van der Waals surface area contributed by atoms with Crippen molar-refractivity contribution < 1.29 is 0 Å². The molecule has 2 aromatic rings. The highest BCUT2D eigenvalue weighted by Crippen LogP contribution is 2.33. The van der Waals surface area contributed by atoms with Gasteiger partial charge in [0.2, 0.25) is 0 Å². The van der Waals surface area contributed by atoms with Gasteiger partial charge in [0.15, 0.2) is 0 Å². The summed E-state index contributed by atoms with van der Waals surface area (Å²) in [5, 5.41) is 2.14. The summed E-state index contributed by atoms with van der Waals surface area (Å²) in [5.74, 6) is 1.09. The normalized spacial score (nSPS) is 14.6. The molecule has 2 heterocycles. The third-order valence-electron chi connectivity index (χ3n) is 3.59. The molecular formula is C15H19N3S. The Kier molecular flexibility index (Phi) is 3.53. The average Bonchev–Trinajstić information content (AvgIpc) is 3.13. The number of hydrogen-bond acceptors (Lipinski definition) is 4. The van der Waals surface area contributed by atoms with Crippen molar-refractivity contribution in [2.75, 3.05) is 4.90 Å². The Hall–Kier alpha value is -1.39. The summed E-state index contributed by atoms with van der Waals surface area (Å²) < 4.78 is 0. The third-order valence-corrected chi connectivity index (χ3v) is 4.45. The van der Waals surface area contributed by atoms with E-state index in [0.29, 0.717) is 12.6 Å². The molecule has 0 atom stereocenters. The zero-order valence-electron chi connectivity index (χ0n) is 11.2. The standard InChI is InChI=1S/C15H19N3S/c1-11-12(9-16)4-7-15(17-11)18(13-5-6-13)10-14-3-2-8-19-14/h2-4,7-8,13H,5-6,9-10,16H2,1H3. The molecule has 2 aromatic heterocycles. The number of pyridine rings is 1. The van der Waals surface area contributed by atoms with Gasteiger partial charge in [-0.25, -0.2) is 4.98 Å². The van der Waals surface area contributed by atoms with Crippen molar-refractivity contribution in [2.24, 2.45) is 5.73 Å². The predicted molar refractivity (Wildman–Crippen MR) is 80.4 cm³/mol. The Balaban J connectivity index is 1.85. The van der Waals surface area contributed by atoms with Crippen LogP contribution in [0.15, 0.2) is 29.6 Å². The summed E-state index contributed by atoms with van der Waals surface area (Å²) in [6.45, 7) is 3.58. The van der Waals surface area contributed by atoms with Crippen LogP contribution in [0.2, 0.25) is 0 Å². The van der Waals surface area contributed by atoms with Crippen molar-refractivity contribution in [1.82, 2.24) is 4.98 Å². The van der Waals surface area contributed by atoms with E-state index in [0.717, 1.165) is 23.6 Å². The number of aromatic nitrogens is 1. The molecule has 0 aromatic carbocycles. The second-order valence-corrected chi connectivity index (χ2v) is 6.09. The molecule has 0 saturated heterocycles. The van der Waals surface area contributed by atoms with Gasteiger partial charge in [-0.05, 0) is 42.8 Å². The Labute approximate surface area is 118 Å². The molecule has 100 valence electrons. The molecule has 0 bridgehead atoms. The van der Waals surface area contributed by atoms with E-state index in [1.165, 1.54) is 17.7 Å². The van der Waals surface area contributed by atoms with Gasteiger partial charge >= 0.3 is 0 Å². The Morgan fingerprint density at radius 1 is 1.37 bits per heavy atom. The smallest absolute Gasteiger partial charge is 0.129 e. The van der Waals surface area contributed by atoms with Crippen molar-refractivity contribution in [2.45, 2.75) is 38.9 Å². The first-order chi connectivity index (χ1) is 9.28. The Bertz CT molecular complexity index is 547. The number of anilines is 1. The lowest BCUT2D eigenvalue weighted by Gasteiger charge is -2.23. The molecule has 0 amide bonds. The third kappa shape index (κ3) is 2.80. The highest BCUT2D eigenvalue weighted by atomic mass is 32.1. The summed E-state index contributed by atoms with van der Waals surface area (Å²) in [6, 6.07) is 9.20. The maximum absolute atomic E-state index is 5.71. The lowest BCUT2D eigenvalue weighted by Crippen LogP contribution is -2.25. The lowest BCUT2D eigenvalue weighted by molar-refractivity contribution is 0.781. The zero-order chi connectivity index (χ0) is 13.2. The summed E-state index contributed by atoms with van der Waals surface area (Å²) in [5.41, 5.74) is 7.89. The molecule has 1 fully saturated rings. The van der Waals surface area contributed by atoms with Crippen molar-refractivity contribution in [3.8, 4) is 0 Å². The average molecular weight is 273 g/mol. The van der Waals surface area contributed by atoms with Gasteiger partial charge in [0.05, 0.1) is 6.54 Å². The molecule has 0 aliphatic heterocycles. The lowest BCUT2D eigenvalue weighted by atomic mass is 10.2. The van der Waals surface area contributed by atoms with E-state index in [2.05, 4.69) is 34.5 Å². The van der Waals surface area contributed by atoms with Gasteiger partial charge in [0, 0.05) is 23.2 Å². The first-order valence-electron chi connectivity index (χ1n) is 6.73. The molecule has 1 aliphatic rings.